The number of hydrogen-bond donors (Lipinski definition) is 0. The van der Waals surface area contributed by atoms with Crippen LogP contribution in [0.3, 0.4) is 0 Å². The molecule has 0 radical (unpaired) electrons. The summed E-state index contributed by atoms with van der Waals surface area (Å²) in [6.07, 6.45) is 2.36. The van der Waals surface area contributed by atoms with Crippen LogP contribution in [0.5, 0.6) is 0 Å². The van der Waals surface area contributed by atoms with E-state index in [1.807, 2.05) is 11.8 Å². The molecule has 0 saturated heterocycles. The molecule has 0 aliphatic rings. The first-order valence-corrected chi connectivity index (χ1v) is 8.80. The molecule has 0 heterocycles. The van der Waals surface area contributed by atoms with Gasteiger partial charge in [0.25, 0.3) is 0 Å². The van der Waals surface area contributed by atoms with Gasteiger partial charge >= 0.3 is 110 Å². The first-order chi connectivity index (χ1) is 7.72. The third kappa shape index (κ3) is 5.79. The Bertz CT molecular complexity index is 317. The van der Waals surface area contributed by atoms with E-state index >= 15 is 0 Å². The van der Waals surface area contributed by atoms with Gasteiger partial charge in [-0.15, -0.1) is 0 Å². The molecule has 1 aromatic carbocycles. The van der Waals surface area contributed by atoms with Gasteiger partial charge in [-0.25, -0.2) is 0 Å². The maximum absolute atomic E-state index is 2.36. The molecule has 0 fully saturated rings. The zero-order valence-corrected chi connectivity index (χ0v) is 12.8. The van der Waals surface area contributed by atoms with Crippen LogP contribution in [0.15, 0.2) is 34.1 Å². The summed E-state index contributed by atoms with van der Waals surface area (Å²) >= 11 is 2.69. The van der Waals surface area contributed by atoms with Gasteiger partial charge in [0.15, 0.2) is 0 Å². The first-order valence-electron chi connectivity index (χ1n) is 5.74. The van der Waals surface area contributed by atoms with E-state index in [1.54, 1.807) is 3.80 Å². The van der Waals surface area contributed by atoms with Gasteiger partial charge in [-0.3, -0.25) is 0 Å². The predicted molar refractivity (Wildman–Crippen MR) is 78.0 cm³/mol. The van der Waals surface area contributed by atoms with Crippen LogP contribution in [0.4, 0.5) is 0 Å². The van der Waals surface area contributed by atoms with Crippen LogP contribution < -0.4 is 0 Å². The number of rotatable bonds is 6. The standard InChI is InChI=1S/C14H20SSe/c1-4-16-14(15-11-12(2)3)10-13-8-6-5-7-9-13/h5-10,12H,4,11H2,1-3H3/b14-10+. The SMILES string of the molecule is CC[Se]/C(=C/c1ccccc1)SCC(C)C. The topological polar surface area (TPSA) is 0 Å². The van der Waals surface area contributed by atoms with Gasteiger partial charge in [0.05, 0.1) is 0 Å². The summed E-state index contributed by atoms with van der Waals surface area (Å²) in [6, 6.07) is 10.7. The molecule has 0 aromatic heterocycles. The molecular formula is C14H20SSe. The Kier molecular flexibility index (Phi) is 6.95. The summed E-state index contributed by atoms with van der Waals surface area (Å²) in [6.45, 7) is 6.84. The van der Waals surface area contributed by atoms with E-state index < -0.39 is 0 Å². The van der Waals surface area contributed by atoms with Crippen molar-refractivity contribution in [2.75, 3.05) is 5.75 Å². The molecule has 0 bridgehead atoms. The molecule has 88 valence electrons. The van der Waals surface area contributed by atoms with Crippen LogP contribution in [0.2, 0.25) is 5.32 Å². The van der Waals surface area contributed by atoms with Crippen LogP contribution in [0.25, 0.3) is 6.08 Å². The van der Waals surface area contributed by atoms with Crippen molar-refractivity contribution >= 4 is 32.8 Å². The zero-order chi connectivity index (χ0) is 11.8. The molecule has 0 N–H and O–H groups in total. The van der Waals surface area contributed by atoms with Gasteiger partial charge < -0.3 is 0 Å². The minimum absolute atomic E-state index is 0.648. The van der Waals surface area contributed by atoms with E-state index in [4.69, 9.17) is 0 Å². The number of benzene rings is 1. The zero-order valence-electron chi connectivity index (χ0n) is 10.3. The molecular weight excluding hydrogens is 279 g/mol. The van der Waals surface area contributed by atoms with Gasteiger partial charge in [0.2, 0.25) is 0 Å². The minimum atomic E-state index is 0.648. The Morgan fingerprint density at radius 1 is 1.31 bits per heavy atom. The molecule has 0 aliphatic heterocycles. The fraction of sp³-hybridized carbons (Fsp3) is 0.429. The fourth-order valence-corrected chi connectivity index (χ4v) is 4.62. The predicted octanol–water partition coefficient (Wildman–Crippen LogP) is 4.52. The van der Waals surface area contributed by atoms with Crippen molar-refractivity contribution in [3.63, 3.8) is 0 Å². The van der Waals surface area contributed by atoms with Crippen LogP contribution in [-0.2, 0) is 0 Å². The third-order valence-electron chi connectivity index (χ3n) is 1.93. The van der Waals surface area contributed by atoms with Crippen molar-refractivity contribution < 1.29 is 0 Å². The van der Waals surface area contributed by atoms with Crippen molar-refractivity contribution in [3.8, 4) is 0 Å². The summed E-state index contributed by atoms with van der Waals surface area (Å²) in [5.74, 6) is 2.01. The van der Waals surface area contributed by atoms with E-state index in [0.717, 1.165) is 5.92 Å². The summed E-state index contributed by atoms with van der Waals surface area (Å²) in [5.41, 5.74) is 1.34. The molecule has 0 atom stereocenters. The van der Waals surface area contributed by atoms with Gasteiger partial charge in [-0.2, -0.15) is 0 Å². The average Bonchev–Trinajstić information content (AvgIpc) is 2.27. The van der Waals surface area contributed by atoms with Gasteiger partial charge in [0, 0.05) is 0 Å². The average molecular weight is 299 g/mol. The van der Waals surface area contributed by atoms with E-state index in [0.29, 0.717) is 15.0 Å². The molecule has 0 amide bonds. The van der Waals surface area contributed by atoms with Crippen molar-refractivity contribution in [3.05, 3.63) is 39.7 Å². The fourth-order valence-electron chi connectivity index (χ4n) is 1.20. The molecule has 1 rings (SSSR count). The van der Waals surface area contributed by atoms with E-state index in [-0.39, 0.29) is 0 Å². The van der Waals surface area contributed by atoms with E-state index in [9.17, 15) is 0 Å². The first kappa shape index (κ1) is 13.9. The van der Waals surface area contributed by atoms with Gasteiger partial charge in [-0.05, 0) is 0 Å². The van der Waals surface area contributed by atoms with Crippen LogP contribution in [0, 0.1) is 5.92 Å². The number of hydrogen-bond acceptors (Lipinski definition) is 1. The molecule has 0 nitrogen and oxygen atoms in total. The molecule has 16 heavy (non-hydrogen) atoms. The molecule has 2 heteroatoms. The summed E-state index contributed by atoms with van der Waals surface area (Å²) in [5, 5.41) is 1.29. The molecule has 0 saturated carbocycles. The number of thioether (sulfide) groups is 1. The third-order valence-corrected chi connectivity index (χ3v) is 5.97. The Labute approximate surface area is 110 Å². The second kappa shape index (κ2) is 8.00. The molecule has 1 aromatic rings. The Balaban J connectivity index is 2.65. The van der Waals surface area contributed by atoms with Crippen molar-refractivity contribution in [2.45, 2.75) is 26.1 Å². The summed E-state index contributed by atoms with van der Waals surface area (Å²) in [7, 11) is 0. The molecule has 0 spiro atoms. The van der Waals surface area contributed by atoms with Crippen molar-refractivity contribution in [2.24, 2.45) is 5.92 Å². The second-order valence-electron chi connectivity index (χ2n) is 4.01. The van der Waals surface area contributed by atoms with Crippen LogP contribution >= 0.6 is 11.8 Å². The van der Waals surface area contributed by atoms with Gasteiger partial charge in [-0.1, -0.05) is 0 Å². The summed E-state index contributed by atoms with van der Waals surface area (Å²) in [4.78, 5) is 0. The monoisotopic (exact) mass is 300 g/mol. The molecule has 0 aliphatic carbocycles. The molecule has 0 unspecified atom stereocenters. The Hall–Kier alpha value is -0.171. The maximum atomic E-state index is 2.36. The quantitative estimate of drug-likeness (QED) is 0.696. The van der Waals surface area contributed by atoms with E-state index in [1.165, 1.54) is 16.6 Å². The summed E-state index contributed by atoms with van der Waals surface area (Å²) < 4.78 is 1.58. The normalized spacial score (nSPS) is 12.1. The van der Waals surface area contributed by atoms with Crippen molar-refractivity contribution in [1.82, 2.24) is 0 Å². The Morgan fingerprint density at radius 3 is 2.56 bits per heavy atom. The second-order valence-corrected chi connectivity index (χ2v) is 8.40. The van der Waals surface area contributed by atoms with Crippen LogP contribution in [0.1, 0.15) is 26.3 Å². The van der Waals surface area contributed by atoms with Crippen LogP contribution in [-0.4, -0.2) is 20.7 Å². The van der Waals surface area contributed by atoms with E-state index in [2.05, 4.69) is 57.2 Å². The van der Waals surface area contributed by atoms with Gasteiger partial charge in [0.1, 0.15) is 0 Å². The van der Waals surface area contributed by atoms with Crippen molar-refractivity contribution in [1.29, 1.82) is 0 Å². The Morgan fingerprint density at radius 2 is 2.00 bits per heavy atom.